The molecule has 0 atom stereocenters. The minimum Gasteiger partial charge on any atom is -0.192 e. The molecule has 0 spiro atoms. The fourth-order valence-corrected chi connectivity index (χ4v) is 10.0. The molecule has 1 heteroatoms. The van der Waals surface area contributed by atoms with Gasteiger partial charge in [0.05, 0.1) is 0 Å². The third kappa shape index (κ3) is 2.01. The van der Waals surface area contributed by atoms with Crippen molar-refractivity contribution >= 4 is 42.3 Å². The van der Waals surface area contributed by atoms with Gasteiger partial charge in [-0.15, -0.1) is 0 Å². The lowest BCUT2D eigenvalue weighted by atomic mass is 9.78. The molecule has 0 amide bonds. The first kappa shape index (κ1) is 19.1. The monoisotopic (exact) mass is 454 g/mol. The first-order valence-electron chi connectivity index (χ1n) is 12.1. The molecule has 0 nitrogen and oxygen atoms in total. The summed E-state index contributed by atoms with van der Waals surface area (Å²) in [6, 6.07) is 32.6. The second-order valence-electron chi connectivity index (χ2n) is 11.0. The Labute approximate surface area is 201 Å². The maximum atomic E-state index is 2.48. The molecule has 2 aliphatic rings. The summed E-state index contributed by atoms with van der Waals surface area (Å²) in [6.07, 6.45) is 4.96. The number of benzene rings is 6. The zero-order valence-corrected chi connectivity index (χ0v) is 20.8. The van der Waals surface area contributed by atoms with E-state index < -0.39 is 10.0 Å². The van der Waals surface area contributed by atoms with E-state index in [0.29, 0.717) is 0 Å². The predicted octanol–water partition coefficient (Wildman–Crippen LogP) is 9.35. The minimum atomic E-state index is -1.07. The van der Waals surface area contributed by atoms with Crippen LogP contribution in [0.25, 0.3) is 54.6 Å². The predicted molar refractivity (Wildman–Crippen MR) is 149 cm³/mol. The maximum Gasteiger partial charge on any atom is 0.0165 e. The average molecular weight is 455 g/mol. The van der Waals surface area contributed by atoms with Gasteiger partial charge in [-0.1, -0.05) is 80.6 Å². The van der Waals surface area contributed by atoms with Crippen LogP contribution >= 0.6 is 10.0 Å². The van der Waals surface area contributed by atoms with Crippen LogP contribution in [0.3, 0.4) is 0 Å². The summed E-state index contributed by atoms with van der Waals surface area (Å²) in [5.41, 5.74) is 8.62. The Bertz CT molecular complexity index is 1710. The van der Waals surface area contributed by atoms with Crippen molar-refractivity contribution in [1.29, 1.82) is 0 Å². The molecule has 34 heavy (non-hydrogen) atoms. The van der Waals surface area contributed by atoms with E-state index >= 15 is 0 Å². The second-order valence-corrected chi connectivity index (χ2v) is 14.5. The standard InChI is InChI=1S/C33H26S/c1-33(2)27-11-7-5-9-21(27)25-17-19-13-14-20-18-26-22-10-6-8-12-28(22)34(3,4)32(26)24-16-15-23(31(25)33)29(19)30(20)24/h5-18H,1-4H3. The highest BCUT2D eigenvalue weighted by molar-refractivity contribution is 8.33. The normalized spacial score (nSPS) is 17.6. The highest BCUT2D eigenvalue weighted by Gasteiger charge is 2.38. The molecular formula is C33H26S. The molecule has 0 aromatic heterocycles. The Hall–Kier alpha value is -3.29. The van der Waals surface area contributed by atoms with Gasteiger partial charge in [-0.3, -0.25) is 0 Å². The van der Waals surface area contributed by atoms with Crippen LogP contribution in [-0.2, 0) is 5.41 Å². The van der Waals surface area contributed by atoms with Crippen molar-refractivity contribution in [3.05, 3.63) is 96.1 Å². The number of hydrogen-bond acceptors (Lipinski definition) is 0. The highest BCUT2D eigenvalue weighted by Crippen LogP contribution is 2.69. The fraction of sp³-hybridized carbons (Fsp3) is 0.152. The first-order chi connectivity index (χ1) is 16.4. The van der Waals surface area contributed by atoms with E-state index in [4.69, 9.17) is 0 Å². The van der Waals surface area contributed by atoms with Crippen molar-refractivity contribution in [2.45, 2.75) is 29.1 Å². The Morgan fingerprint density at radius 2 is 1.21 bits per heavy atom. The lowest BCUT2D eigenvalue weighted by molar-refractivity contribution is 0.666. The van der Waals surface area contributed by atoms with Crippen LogP contribution in [-0.4, -0.2) is 12.5 Å². The molecule has 0 bridgehead atoms. The molecule has 0 saturated carbocycles. The van der Waals surface area contributed by atoms with Crippen molar-refractivity contribution in [1.82, 2.24) is 0 Å². The van der Waals surface area contributed by atoms with E-state index in [2.05, 4.69) is 111 Å². The zero-order valence-electron chi connectivity index (χ0n) is 20.0. The third-order valence-electron chi connectivity index (χ3n) is 8.61. The highest BCUT2D eigenvalue weighted by atomic mass is 32.3. The average Bonchev–Trinajstić information content (AvgIpc) is 3.22. The van der Waals surface area contributed by atoms with Gasteiger partial charge in [0, 0.05) is 15.2 Å². The second kappa shape index (κ2) is 5.85. The van der Waals surface area contributed by atoms with Crippen molar-refractivity contribution in [2.24, 2.45) is 0 Å². The van der Waals surface area contributed by atoms with Crippen molar-refractivity contribution < 1.29 is 0 Å². The topological polar surface area (TPSA) is 0 Å². The molecule has 0 N–H and O–H groups in total. The van der Waals surface area contributed by atoms with Gasteiger partial charge in [0.25, 0.3) is 0 Å². The van der Waals surface area contributed by atoms with Crippen molar-refractivity contribution in [2.75, 3.05) is 12.5 Å². The number of fused-ring (bicyclic) bond motifs is 8. The van der Waals surface area contributed by atoms with Gasteiger partial charge in [0.2, 0.25) is 0 Å². The fourth-order valence-electron chi connectivity index (χ4n) is 7.20. The van der Waals surface area contributed by atoms with Gasteiger partial charge in [-0.25, -0.2) is 0 Å². The summed E-state index contributed by atoms with van der Waals surface area (Å²) in [4.78, 5) is 3.09. The third-order valence-corrected chi connectivity index (χ3v) is 11.5. The molecule has 6 aromatic carbocycles. The van der Waals surface area contributed by atoms with E-state index in [1.807, 2.05) is 0 Å². The van der Waals surface area contributed by atoms with Gasteiger partial charge < -0.3 is 0 Å². The van der Waals surface area contributed by atoms with E-state index in [9.17, 15) is 0 Å². The Kier molecular flexibility index (Phi) is 3.28. The van der Waals surface area contributed by atoms with Crippen molar-refractivity contribution in [3.63, 3.8) is 0 Å². The SMILES string of the molecule is CC1(C)c2ccccc2-c2cc3ccc4cc5c(c6ccc(c21)c3c46)S(C)(C)c1ccccc1-5. The zero-order chi connectivity index (χ0) is 23.0. The van der Waals surface area contributed by atoms with Crippen LogP contribution in [0.5, 0.6) is 0 Å². The molecule has 1 aliphatic carbocycles. The lowest BCUT2D eigenvalue weighted by Gasteiger charge is -2.30. The molecule has 0 unspecified atom stereocenters. The van der Waals surface area contributed by atoms with Gasteiger partial charge >= 0.3 is 0 Å². The largest absolute Gasteiger partial charge is 0.192 e. The van der Waals surface area contributed by atoms with Gasteiger partial charge in [-0.05, 0) is 96.4 Å². The smallest absolute Gasteiger partial charge is 0.0165 e. The molecule has 164 valence electrons. The first-order valence-corrected chi connectivity index (χ1v) is 14.6. The van der Waals surface area contributed by atoms with Crippen LogP contribution < -0.4 is 0 Å². The molecule has 1 aliphatic heterocycles. The summed E-state index contributed by atoms with van der Waals surface area (Å²) in [5.74, 6) is 0. The number of rotatable bonds is 0. The van der Waals surface area contributed by atoms with Crippen LogP contribution in [0, 0.1) is 0 Å². The molecule has 0 radical (unpaired) electrons. The van der Waals surface area contributed by atoms with E-state index in [1.54, 1.807) is 4.90 Å². The van der Waals surface area contributed by atoms with E-state index in [-0.39, 0.29) is 5.41 Å². The minimum absolute atomic E-state index is 0.00303. The summed E-state index contributed by atoms with van der Waals surface area (Å²) in [6.45, 7) is 4.80. The van der Waals surface area contributed by atoms with E-state index in [0.717, 1.165) is 0 Å². The summed E-state index contributed by atoms with van der Waals surface area (Å²) in [5, 5.41) is 8.51. The van der Waals surface area contributed by atoms with Crippen molar-refractivity contribution in [3.8, 4) is 22.3 Å². The molecule has 6 aromatic rings. The molecule has 8 rings (SSSR count). The maximum absolute atomic E-state index is 2.48. The molecule has 1 heterocycles. The summed E-state index contributed by atoms with van der Waals surface area (Å²) >= 11 is 0. The van der Waals surface area contributed by atoms with Gasteiger partial charge in [0.15, 0.2) is 0 Å². The quantitative estimate of drug-likeness (QED) is 0.201. The van der Waals surface area contributed by atoms with Crippen LogP contribution in [0.15, 0.2) is 94.7 Å². The summed E-state index contributed by atoms with van der Waals surface area (Å²) in [7, 11) is -1.07. The van der Waals surface area contributed by atoms with Gasteiger partial charge in [-0.2, -0.15) is 10.0 Å². The number of hydrogen-bond donors (Lipinski definition) is 0. The van der Waals surface area contributed by atoms with Crippen LogP contribution in [0.1, 0.15) is 25.0 Å². The van der Waals surface area contributed by atoms with Gasteiger partial charge in [0.1, 0.15) is 0 Å². The molecular weight excluding hydrogens is 428 g/mol. The van der Waals surface area contributed by atoms with Crippen LogP contribution in [0.2, 0.25) is 0 Å². The lowest BCUT2D eigenvalue weighted by Crippen LogP contribution is -2.15. The van der Waals surface area contributed by atoms with E-state index in [1.165, 1.54) is 70.6 Å². The summed E-state index contributed by atoms with van der Waals surface area (Å²) < 4.78 is 0. The Morgan fingerprint density at radius 3 is 2.00 bits per heavy atom. The Morgan fingerprint density at radius 1 is 0.588 bits per heavy atom. The van der Waals surface area contributed by atoms with Crippen LogP contribution in [0.4, 0.5) is 0 Å². The molecule has 0 saturated heterocycles. The molecule has 0 fully saturated rings. The Balaban J connectivity index is 1.57.